The molecule has 0 saturated heterocycles. The number of rotatable bonds is 9. The molecule has 0 radical (unpaired) electrons. The van der Waals surface area contributed by atoms with E-state index in [0.29, 0.717) is 33.4 Å². The summed E-state index contributed by atoms with van der Waals surface area (Å²) >= 11 is 6.01. The van der Waals surface area contributed by atoms with E-state index in [1.807, 2.05) is 13.8 Å². The number of methoxy groups -OCH3 is 2. The van der Waals surface area contributed by atoms with E-state index in [2.05, 4.69) is 15.8 Å². The molecule has 30 heavy (non-hydrogen) atoms. The monoisotopic (exact) mass is 433 g/mol. The highest BCUT2D eigenvalue weighted by molar-refractivity contribution is 6.30. The molecule has 0 spiro atoms. The lowest BCUT2D eigenvalue weighted by Gasteiger charge is -2.12. The third-order valence-corrected chi connectivity index (χ3v) is 4.02. The first kappa shape index (κ1) is 23.0. The summed E-state index contributed by atoms with van der Waals surface area (Å²) in [4.78, 5) is 24.2. The predicted molar refractivity (Wildman–Crippen MR) is 115 cm³/mol. The summed E-state index contributed by atoms with van der Waals surface area (Å²) in [7, 11) is 2.98. The van der Waals surface area contributed by atoms with E-state index in [1.54, 1.807) is 30.3 Å². The van der Waals surface area contributed by atoms with Gasteiger partial charge in [0.1, 0.15) is 5.75 Å². The molecule has 0 bridgehead atoms. The lowest BCUT2D eigenvalue weighted by Crippen LogP contribution is -2.34. The fourth-order valence-electron chi connectivity index (χ4n) is 2.43. The normalized spacial score (nSPS) is 10.7. The van der Waals surface area contributed by atoms with Gasteiger partial charge in [0, 0.05) is 16.1 Å². The second-order valence-electron chi connectivity index (χ2n) is 6.39. The maximum atomic E-state index is 12.2. The van der Waals surface area contributed by atoms with Gasteiger partial charge in [-0.05, 0) is 50.2 Å². The molecule has 2 aromatic rings. The average Bonchev–Trinajstić information content (AvgIpc) is 2.73. The molecule has 0 aliphatic rings. The van der Waals surface area contributed by atoms with Crippen LogP contribution in [0.5, 0.6) is 17.2 Å². The number of hydrogen-bond acceptors (Lipinski definition) is 6. The van der Waals surface area contributed by atoms with Crippen molar-refractivity contribution in [2.45, 2.75) is 20.0 Å². The van der Waals surface area contributed by atoms with Crippen molar-refractivity contribution in [3.8, 4) is 17.2 Å². The Bertz CT molecular complexity index is 931. The van der Waals surface area contributed by atoms with E-state index in [4.69, 9.17) is 25.8 Å². The molecule has 9 heteroatoms. The van der Waals surface area contributed by atoms with Gasteiger partial charge in [-0.1, -0.05) is 11.6 Å². The van der Waals surface area contributed by atoms with Crippen LogP contribution in [0.2, 0.25) is 5.02 Å². The molecule has 8 nitrogen and oxygen atoms in total. The standard InChI is InChI=1S/C21H24ClN3O5/c1-13(2)30-17-8-6-16(22)9-15(17)11-24-25-20(26)12-23-21(27)14-5-7-18(28-3)19(10-14)29-4/h5-11,13H,12H2,1-4H3,(H,23,27)(H,25,26)/b24-11+. The number of ether oxygens (including phenoxy) is 3. The molecule has 2 N–H and O–H groups in total. The van der Waals surface area contributed by atoms with Gasteiger partial charge in [0.25, 0.3) is 11.8 Å². The molecule has 2 aromatic carbocycles. The minimum absolute atomic E-state index is 0.0280. The minimum Gasteiger partial charge on any atom is -0.493 e. The van der Waals surface area contributed by atoms with Crippen molar-refractivity contribution in [3.63, 3.8) is 0 Å². The van der Waals surface area contributed by atoms with Crippen molar-refractivity contribution >= 4 is 29.6 Å². The van der Waals surface area contributed by atoms with Gasteiger partial charge >= 0.3 is 0 Å². The molecule has 0 aliphatic heterocycles. The third kappa shape index (κ3) is 6.66. The zero-order chi connectivity index (χ0) is 22.1. The van der Waals surface area contributed by atoms with Crippen LogP contribution in [-0.2, 0) is 4.79 Å². The molecule has 160 valence electrons. The van der Waals surface area contributed by atoms with E-state index < -0.39 is 11.8 Å². The van der Waals surface area contributed by atoms with Gasteiger partial charge < -0.3 is 19.5 Å². The topological polar surface area (TPSA) is 98.2 Å². The summed E-state index contributed by atoms with van der Waals surface area (Å²) in [5.74, 6) is 0.586. The number of nitrogens with one attached hydrogen (secondary N) is 2. The molecule has 0 atom stereocenters. The van der Waals surface area contributed by atoms with Crippen molar-refractivity contribution in [1.29, 1.82) is 0 Å². The summed E-state index contributed by atoms with van der Waals surface area (Å²) in [6.07, 6.45) is 1.40. The third-order valence-electron chi connectivity index (χ3n) is 3.78. The number of benzene rings is 2. The van der Waals surface area contributed by atoms with E-state index in [0.717, 1.165) is 0 Å². The molecule has 0 saturated carbocycles. The molecular formula is C21H24ClN3O5. The van der Waals surface area contributed by atoms with Crippen LogP contribution >= 0.6 is 11.6 Å². The first-order valence-corrected chi connectivity index (χ1v) is 9.50. The predicted octanol–water partition coefficient (Wildman–Crippen LogP) is 3.02. The average molecular weight is 434 g/mol. The molecule has 0 aromatic heterocycles. The summed E-state index contributed by atoms with van der Waals surface area (Å²) in [6.45, 7) is 3.55. The van der Waals surface area contributed by atoms with E-state index in [9.17, 15) is 9.59 Å². The number of carbonyl (C=O) groups is 2. The zero-order valence-corrected chi connectivity index (χ0v) is 17.9. The first-order valence-electron chi connectivity index (χ1n) is 9.12. The lowest BCUT2D eigenvalue weighted by molar-refractivity contribution is -0.120. The quantitative estimate of drug-likeness (QED) is 0.468. The molecular weight excluding hydrogens is 410 g/mol. The number of carbonyl (C=O) groups excluding carboxylic acids is 2. The lowest BCUT2D eigenvalue weighted by atomic mass is 10.2. The van der Waals surface area contributed by atoms with Crippen LogP contribution in [0, 0.1) is 0 Å². The van der Waals surface area contributed by atoms with E-state index in [1.165, 1.54) is 26.5 Å². The van der Waals surface area contributed by atoms with Gasteiger partial charge in [-0.25, -0.2) is 5.43 Å². The van der Waals surface area contributed by atoms with Gasteiger partial charge in [-0.3, -0.25) is 9.59 Å². The summed E-state index contributed by atoms with van der Waals surface area (Å²) in [5.41, 5.74) is 3.30. The zero-order valence-electron chi connectivity index (χ0n) is 17.2. The largest absolute Gasteiger partial charge is 0.493 e. The molecule has 0 aliphatic carbocycles. The second-order valence-corrected chi connectivity index (χ2v) is 6.83. The van der Waals surface area contributed by atoms with Gasteiger partial charge in [0.05, 0.1) is 33.1 Å². The Kier molecular flexibility index (Phi) is 8.49. The Morgan fingerprint density at radius 2 is 1.77 bits per heavy atom. The highest BCUT2D eigenvalue weighted by atomic mass is 35.5. The Labute approximate surface area is 180 Å². The van der Waals surface area contributed by atoms with Gasteiger partial charge in [0.15, 0.2) is 11.5 Å². The van der Waals surface area contributed by atoms with Gasteiger partial charge in [-0.2, -0.15) is 5.10 Å². The van der Waals surface area contributed by atoms with Crippen LogP contribution in [0.15, 0.2) is 41.5 Å². The molecule has 0 unspecified atom stereocenters. The highest BCUT2D eigenvalue weighted by Gasteiger charge is 2.12. The number of amides is 2. The van der Waals surface area contributed by atoms with E-state index in [-0.39, 0.29) is 12.6 Å². The number of hydrogen-bond donors (Lipinski definition) is 2. The van der Waals surface area contributed by atoms with Crippen molar-refractivity contribution in [2.24, 2.45) is 5.10 Å². The molecule has 2 rings (SSSR count). The number of nitrogens with zero attached hydrogens (tertiary/aromatic N) is 1. The maximum Gasteiger partial charge on any atom is 0.259 e. The van der Waals surface area contributed by atoms with Crippen molar-refractivity contribution in [1.82, 2.24) is 10.7 Å². The fourth-order valence-corrected chi connectivity index (χ4v) is 2.62. The molecule has 0 fully saturated rings. The summed E-state index contributed by atoms with van der Waals surface area (Å²) in [5, 5.41) is 6.93. The fraction of sp³-hybridized carbons (Fsp3) is 0.286. The summed E-state index contributed by atoms with van der Waals surface area (Å²) in [6, 6.07) is 9.82. The Morgan fingerprint density at radius 3 is 2.43 bits per heavy atom. The smallest absolute Gasteiger partial charge is 0.259 e. The highest BCUT2D eigenvalue weighted by Crippen LogP contribution is 2.27. The Balaban J connectivity index is 1.92. The van der Waals surface area contributed by atoms with Crippen LogP contribution in [0.4, 0.5) is 0 Å². The SMILES string of the molecule is COc1ccc(C(=O)NCC(=O)N/N=C/c2cc(Cl)ccc2OC(C)C)cc1OC. The summed E-state index contributed by atoms with van der Waals surface area (Å²) < 4.78 is 16.0. The van der Waals surface area contributed by atoms with Crippen LogP contribution in [-0.4, -0.2) is 44.9 Å². The molecule has 2 amide bonds. The van der Waals surface area contributed by atoms with Crippen LogP contribution in [0.1, 0.15) is 29.8 Å². The number of halogens is 1. The van der Waals surface area contributed by atoms with E-state index >= 15 is 0 Å². The number of hydrazone groups is 1. The Hall–Kier alpha value is -3.26. The minimum atomic E-state index is -0.492. The van der Waals surface area contributed by atoms with Gasteiger partial charge in [0.2, 0.25) is 0 Å². The van der Waals surface area contributed by atoms with Gasteiger partial charge in [-0.15, -0.1) is 0 Å². The van der Waals surface area contributed by atoms with Crippen LogP contribution < -0.4 is 25.0 Å². The Morgan fingerprint density at radius 1 is 1.07 bits per heavy atom. The van der Waals surface area contributed by atoms with Crippen LogP contribution in [0.3, 0.4) is 0 Å². The van der Waals surface area contributed by atoms with Crippen molar-refractivity contribution in [2.75, 3.05) is 20.8 Å². The van der Waals surface area contributed by atoms with Crippen LogP contribution in [0.25, 0.3) is 0 Å². The maximum absolute atomic E-state index is 12.2. The van der Waals surface area contributed by atoms with Crippen molar-refractivity contribution in [3.05, 3.63) is 52.5 Å². The second kappa shape index (κ2) is 11.1. The molecule has 0 heterocycles. The first-order chi connectivity index (χ1) is 14.3. The van der Waals surface area contributed by atoms with Crippen molar-refractivity contribution < 1.29 is 23.8 Å².